The van der Waals surface area contributed by atoms with Crippen LogP contribution in [-0.2, 0) is 10.1 Å². The quantitative estimate of drug-likeness (QED) is 0.485. The number of rotatable bonds is 8. The van der Waals surface area contributed by atoms with Crippen LogP contribution < -0.4 is 5.32 Å². The molecule has 0 amide bonds. The van der Waals surface area contributed by atoms with Gasteiger partial charge in [-0.05, 0) is 18.9 Å². The normalized spacial score (nSPS) is 14.2. The standard InChI is InChI=1S/C9H21NO3S/c1-3-9(2)6-4-5-7-10-8-14(11,12)13/h9-10H,3-8H2,1-2H3,(H,11,12,13). The summed E-state index contributed by atoms with van der Waals surface area (Å²) in [5.74, 6) is 0.410. The Morgan fingerprint density at radius 3 is 2.50 bits per heavy atom. The second-order valence-electron chi connectivity index (χ2n) is 3.74. The molecule has 0 radical (unpaired) electrons. The summed E-state index contributed by atoms with van der Waals surface area (Å²) in [4.78, 5) is 0. The summed E-state index contributed by atoms with van der Waals surface area (Å²) >= 11 is 0. The smallest absolute Gasteiger partial charge is 0.278 e. The van der Waals surface area contributed by atoms with E-state index in [1.54, 1.807) is 0 Å². The molecule has 1 unspecified atom stereocenters. The molecule has 0 aromatic rings. The Kier molecular flexibility index (Phi) is 7.13. The van der Waals surface area contributed by atoms with Crippen LogP contribution in [0, 0.1) is 5.92 Å². The van der Waals surface area contributed by atoms with Gasteiger partial charge < -0.3 is 5.32 Å². The molecule has 0 rings (SSSR count). The van der Waals surface area contributed by atoms with Crippen molar-refractivity contribution in [3.8, 4) is 0 Å². The molecule has 0 aliphatic carbocycles. The lowest BCUT2D eigenvalue weighted by molar-refractivity contribution is 0.465. The van der Waals surface area contributed by atoms with Gasteiger partial charge in [0.2, 0.25) is 0 Å². The number of hydrogen-bond acceptors (Lipinski definition) is 3. The number of unbranched alkanes of at least 4 members (excludes halogenated alkanes) is 1. The fourth-order valence-electron chi connectivity index (χ4n) is 1.15. The Labute approximate surface area is 86.8 Å². The van der Waals surface area contributed by atoms with Crippen molar-refractivity contribution in [2.24, 2.45) is 5.92 Å². The van der Waals surface area contributed by atoms with Crippen LogP contribution in [0.1, 0.15) is 39.5 Å². The van der Waals surface area contributed by atoms with Gasteiger partial charge in [0.15, 0.2) is 0 Å². The first-order valence-electron chi connectivity index (χ1n) is 5.11. The molecule has 0 aromatic carbocycles. The Bertz CT molecular complexity index is 226. The summed E-state index contributed by atoms with van der Waals surface area (Å²) in [6, 6.07) is 0. The predicted molar refractivity (Wildman–Crippen MR) is 57.7 cm³/mol. The van der Waals surface area contributed by atoms with E-state index < -0.39 is 10.1 Å². The van der Waals surface area contributed by atoms with Gasteiger partial charge in [0.1, 0.15) is 5.88 Å². The Hall–Kier alpha value is -0.130. The summed E-state index contributed by atoms with van der Waals surface area (Å²) in [5.41, 5.74) is 0. The van der Waals surface area contributed by atoms with Crippen molar-refractivity contribution in [1.82, 2.24) is 5.32 Å². The highest BCUT2D eigenvalue weighted by atomic mass is 32.2. The second-order valence-corrected chi connectivity index (χ2v) is 5.19. The van der Waals surface area contributed by atoms with Crippen LogP contribution >= 0.6 is 0 Å². The summed E-state index contributed by atoms with van der Waals surface area (Å²) < 4.78 is 29.0. The third kappa shape index (κ3) is 9.95. The third-order valence-electron chi connectivity index (χ3n) is 2.28. The molecular formula is C9H21NO3S. The molecular weight excluding hydrogens is 202 g/mol. The molecule has 5 heteroatoms. The maximum atomic E-state index is 10.3. The predicted octanol–water partition coefficient (Wildman–Crippen LogP) is 1.64. The van der Waals surface area contributed by atoms with Crippen molar-refractivity contribution in [1.29, 1.82) is 0 Å². The first kappa shape index (κ1) is 13.9. The van der Waals surface area contributed by atoms with E-state index in [-0.39, 0.29) is 5.88 Å². The van der Waals surface area contributed by atoms with E-state index in [9.17, 15) is 8.42 Å². The van der Waals surface area contributed by atoms with E-state index in [2.05, 4.69) is 19.2 Å². The fourth-order valence-corrected chi connectivity index (χ4v) is 1.55. The van der Waals surface area contributed by atoms with Gasteiger partial charge in [0, 0.05) is 0 Å². The highest BCUT2D eigenvalue weighted by molar-refractivity contribution is 7.85. The highest BCUT2D eigenvalue weighted by Gasteiger charge is 2.02. The monoisotopic (exact) mass is 223 g/mol. The molecule has 0 aromatic heterocycles. The minimum absolute atomic E-state index is 0.337. The minimum Gasteiger partial charge on any atom is -0.302 e. The molecule has 0 aliphatic heterocycles. The minimum atomic E-state index is -3.84. The zero-order valence-corrected chi connectivity index (χ0v) is 9.81. The topological polar surface area (TPSA) is 66.4 Å². The second kappa shape index (κ2) is 7.20. The molecule has 14 heavy (non-hydrogen) atoms. The summed E-state index contributed by atoms with van der Waals surface area (Å²) in [5, 5.41) is 2.68. The van der Waals surface area contributed by atoms with Crippen LogP contribution in [0.2, 0.25) is 0 Å². The van der Waals surface area contributed by atoms with Gasteiger partial charge in [-0.1, -0.05) is 33.1 Å². The van der Waals surface area contributed by atoms with E-state index in [4.69, 9.17) is 4.55 Å². The van der Waals surface area contributed by atoms with Gasteiger partial charge >= 0.3 is 0 Å². The van der Waals surface area contributed by atoms with Crippen LogP contribution in [-0.4, -0.2) is 25.4 Å². The van der Waals surface area contributed by atoms with Gasteiger partial charge in [-0.25, -0.2) is 0 Å². The lowest BCUT2D eigenvalue weighted by Gasteiger charge is -2.07. The highest BCUT2D eigenvalue weighted by Crippen LogP contribution is 2.10. The summed E-state index contributed by atoms with van der Waals surface area (Å²) in [6.07, 6.45) is 4.44. The van der Waals surface area contributed by atoms with Crippen LogP contribution in [0.5, 0.6) is 0 Å². The zero-order chi connectivity index (χ0) is 11.0. The largest absolute Gasteiger partial charge is 0.302 e. The Morgan fingerprint density at radius 2 is 2.00 bits per heavy atom. The van der Waals surface area contributed by atoms with Crippen LogP contribution in [0.3, 0.4) is 0 Å². The van der Waals surface area contributed by atoms with Gasteiger partial charge in [-0.3, -0.25) is 4.55 Å². The molecule has 1 atom stereocenters. The first-order chi connectivity index (χ1) is 6.45. The number of nitrogens with one attached hydrogen (secondary N) is 1. The third-order valence-corrected chi connectivity index (χ3v) is 2.85. The van der Waals surface area contributed by atoms with Crippen molar-refractivity contribution in [3.05, 3.63) is 0 Å². The zero-order valence-electron chi connectivity index (χ0n) is 8.99. The van der Waals surface area contributed by atoms with Gasteiger partial charge in [0.25, 0.3) is 10.1 Å². The molecule has 0 saturated carbocycles. The van der Waals surface area contributed by atoms with Crippen molar-refractivity contribution < 1.29 is 13.0 Å². The van der Waals surface area contributed by atoms with Gasteiger partial charge in [-0.15, -0.1) is 0 Å². The van der Waals surface area contributed by atoms with Crippen LogP contribution in [0.25, 0.3) is 0 Å². The number of hydrogen-bond donors (Lipinski definition) is 2. The average molecular weight is 223 g/mol. The molecule has 4 nitrogen and oxygen atoms in total. The summed E-state index contributed by atoms with van der Waals surface area (Å²) in [6.45, 7) is 5.03. The molecule has 0 spiro atoms. The SMILES string of the molecule is CCC(C)CCCCNCS(=O)(=O)O. The molecule has 0 heterocycles. The molecule has 0 aliphatic rings. The van der Waals surface area contributed by atoms with E-state index in [0.29, 0.717) is 6.54 Å². The molecule has 0 fully saturated rings. The summed E-state index contributed by atoms with van der Waals surface area (Å²) in [7, 11) is -3.84. The van der Waals surface area contributed by atoms with Crippen molar-refractivity contribution >= 4 is 10.1 Å². The molecule has 0 bridgehead atoms. The maximum absolute atomic E-state index is 10.3. The Morgan fingerprint density at radius 1 is 1.36 bits per heavy atom. The molecule has 2 N–H and O–H groups in total. The van der Waals surface area contributed by atoms with Crippen molar-refractivity contribution in [2.75, 3.05) is 12.4 Å². The van der Waals surface area contributed by atoms with Crippen molar-refractivity contribution in [2.45, 2.75) is 39.5 Å². The van der Waals surface area contributed by atoms with E-state index >= 15 is 0 Å². The van der Waals surface area contributed by atoms with Crippen LogP contribution in [0.15, 0.2) is 0 Å². The fraction of sp³-hybridized carbons (Fsp3) is 1.00. The first-order valence-corrected chi connectivity index (χ1v) is 6.72. The van der Waals surface area contributed by atoms with E-state index in [0.717, 1.165) is 18.8 Å². The lowest BCUT2D eigenvalue weighted by Crippen LogP contribution is -2.23. The maximum Gasteiger partial charge on any atom is 0.278 e. The van der Waals surface area contributed by atoms with E-state index in [1.165, 1.54) is 12.8 Å². The van der Waals surface area contributed by atoms with Gasteiger partial charge in [0.05, 0.1) is 0 Å². The van der Waals surface area contributed by atoms with Gasteiger partial charge in [-0.2, -0.15) is 8.42 Å². The molecule has 86 valence electrons. The molecule has 0 saturated heterocycles. The Balaban J connectivity index is 3.23. The van der Waals surface area contributed by atoms with Crippen molar-refractivity contribution in [3.63, 3.8) is 0 Å². The van der Waals surface area contributed by atoms with Crippen LogP contribution in [0.4, 0.5) is 0 Å². The average Bonchev–Trinajstić information content (AvgIpc) is 2.08. The lowest BCUT2D eigenvalue weighted by atomic mass is 10.0. The van der Waals surface area contributed by atoms with E-state index in [1.807, 2.05) is 0 Å².